The van der Waals surface area contributed by atoms with Gasteiger partial charge in [0.25, 0.3) is 0 Å². The van der Waals surface area contributed by atoms with Crippen LogP contribution in [0.1, 0.15) is 44.1 Å². The smallest absolute Gasteiger partial charge is 0.137 e. The van der Waals surface area contributed by atoms with Crippen molar-refractivity contribution < 1.29 is 9.84 Å². The highest BCUT2D eigenvalue weighted by Crippen LogP contribution is 2.26. The van der Waals surface area contributed by atoms with Crippen LogP contribution < -0.4 is 10.1 Å². The lowest BCUT2D eigenvalue weighted by Gasteiger charge is -2.10. The molecule has 2 rings (SSSR count). The largest absolute Gasteiger partial charge is 0.492 e. The average Bonchev–Trinajstić information content (AvgIpc) is 3.26. The van der Waals surface area contributed by atoms with Crippen LogP contribution in [0.3, 0.4) is 0 Å². The molecule has 0 saturated heterocycles. The maximum absolute atomic E-state index is 8.69. The van der Waals surface area contributed by atoms with E-state index in [2.05, 4.69) is 11.4 Å². The van der Waals surface area contributed by atoms with Gasteiger partial charge in [0.05, 0.1) is 11.6 Å². The number of hydrogen-bond acceptors (Lipinski definition) is 3. The Morgan fingerprint density at radius 2 is 2.00 bits per heavy atom. The summed E-state index contributed by atoms with van der Waals surface area (Å²) >= 11 is 6.24. The standard InChI is InChI=1S/C16H24ClNO2/c17-15-11-13(12-18-14-6-7-14)5-8-16(15)20-10-4-2-1-3-9-19/h5,8,11,14,18-19H,1-4,6-7,9-10,12H2. The van der Waals surface area contributed by atoms with Crippen molar-refractivity contribution in [3.63, 3.8) is 0 Å². The molecule has 0 bridgehead atoms. The second kappa shape index (κ2) is 8.50. The summed E-state index contributed by atoms with van der Waals surface area (Å²) in [4.78, 5) is 0. The van der Waals surface area contributed by atoms with Gasteiger partial charge in [-0.15, -0.1) is 0 Å². The van der Waals surface area contributed by atoms with Crippen LogP contribution in [-0.4, -0.2) is 24.4 Å². The maximum atomic E-state index is 8.69. The molecule has 1 aromatic carbocycles. The van der Waals surface area contributed by atoms with Gasteiger partial charge in [-0.05, 0) is 49.8 Å². The molecule has 1 aromatic rings. The Labute approximate surface area is 126 Å². The fourth-order valence-electron chi connectivity index (χ4n) is 2.07. The van der Waals surface area contributed by atoms with Gasteiger partial charge in [-0.2, -0.15) is 0 Å². The number of halogens is 1. The lowest BCUT2D eigenvalue weighted by atomic mass is 10.2. The molecule has 0 unspecified atom stereocenters. The molecule has 1 aliphatic carbocycles. The van der Waals surface area contributed by atoms with Gasteiger partial charge in [-0.1, -0.05) is 24.1 Å². The van der Waals surface area contributed by atoms with E-state index in [1.165, 1.54) is 18.4 Å². The Bertz CT molecular complexity index is 407. The minimum absolute atomic E-state index is 0.281. The Kier molecular flexibility index (Phi) is 6.64. The third-order valence-electron chi connectivity index (χ3n) is 3.48. The second-order valence-corrected chi connectivity index (χ2v) is 5.81. The van der Waals surface area contributed by atoms with Crippen LogP contribution in [0, 0.1) is 0 Å². The van der Waals surface area contributed by atoms with E-state index in [0.717, 1.165) is 38.0 Å². The maximum Gasteiger partial charge on any atom is 0.137 e. The van der Waals surface area contributed by atoms with Gasteiger partial charge in [0.15, 0.2) is 0 Å². The number of unbranched alkanes of at least 4 members (excludes halogenated alkanes) is 3. The Morgan fingerprint density at radius 3 is 2.70 bits per heavy atom. The first kappa shape index (κ1) is 15.6. The summed E-state index contributed by atoms with van der Waals surface area (Å²) in [5.74, 6) is 0.768. The van der Waals surface area contributed by atoms with E-state index in [1.807, 2.05) is 12.1 Å². The molecule has 0 atom stereocenters. The number of nitrogens with one attached hydrogen (secondary N) is 1. The number of aliphatic hydroxyl groups is 1. The van der Waals surface area contributed by atoms with Crippen LogP contribution in [0.2, 0.25) is 5.02 Å². The second-order valence-electron chi connectivity index (χ2n) is 5.41. The Balaban J connectivity index is 1.68. The minimum atomic E-state index is 0.281. The predicted octanol–water partition coefficient (Wildman–Crippen LogP) is 3.52. The molecule has 112 valence electrons. The molecule has 0 radical (unpaired) electrons. The SMILES string of the molecule is OCCCCCCOc1ccc(CNC2CC2)cc1Cl. The number of rotatable bonds is 10. The van der Waals surface area contributed by atoms with Gasteiger partial charge in [0, 0.05) is 19.2 Å². The summed E-state index contributed by atoms with van der Waals surface area (Å²) in [7, 11) is 0. The highest BCUT2D eigenvalue weighted by Gasteiger charge is 2.19. The lowest BCUT2D eigenvalue weighted by molar-refractivity contribution is 0.273. The molecule has 0 heterocycles. The number of aliphatic hydroxyl groups excluding tert-OH is 1. The molecule has 1 fully saturated rings. The molecule has 1 aliphatic rings. The molecule has 0 aliphatic heterocycles. The van der Waals surface area contributed by atoms with Crippen molar-refractivity contribution in [3.8, 4) is 5.75 Å². The van der Waals surface area contributed by atoms with Gasteiger partial charge in [-0.3, -0.25) is 0 Å². The van der Waals surface area contributed by atoms with Crippen molar-refractivity contribution in [2.45, 2.75) is 51.1 Å². The van der Waals surface area contributed by atoms with Crippen molar-refractivity contribution >= 4 is 11.6 Å². The van der Waals surface area contributed by atoms with Gasteiger partial charge < -0.3 is 15.2 Å². The molecule has 3 nitrogen and oxygen atoms in total. The Hall–Kier alpha value is -0.770. The summed E-state index contributed by atoms with van der Waals surface area (Å²) in [5, 5.41) is 12.9. The van der Waals surface area contributed by atoms with Gasteiger partial charge in [0.2, 0.25) is 0 Å². The van der Waals surface area contributed by atoms with E-state index in [4.69, 9.17) is 21.4 Å². The average molecular weight is 298 g/mol. The summed E-state index contributed by atoms with van der Waals surface area (Å²) in [6, 6.07) is 6.73. The van der Waals surface area contributed by atoms with Gasteiger partial charge in [0.1, 0.15) is 5.75 Å². The first-order valence-electron chi connectivity index (χ1n) is 7.55. The summed E-state index contributed by atoms with van der Waals surface area (Å²) in [5.41, 5.74) is 1.21. The number of ether oxygens (including phenoxy) is 1. The number of hydrogen-bond donors (Lipinski definition) is 2. The molecule has 2 N–H and O–H groups in total. The van der Waals surface area contributed by atoms with Crippen LogP contribution in [0.15, 0.2) is 18.2 Å². The lowest BCUT2D eigenvalue weighted by Crippen LogP contribution is -2.15. The van der Waals surface area contributed by atoms with Crippen LogP contribution in [0.25, 0.3) is 0 Å². The van der Waals surface area contributed by atoms with E-state index in [9.17, 15) is 0 Å². The predicted molar refractivity (Wildman–Crippen MR) is 82.4 cm³/mol. The quantitative estimate of drug-likeness (QED) is 0.649. The zero-order chi connectivity index (χ0) is 14.2. The normalized spacial score (nSPS) is 14.5. The van der Waals surface area contributed by atoms with Gasteiger partial charge in [-0.25, -0.2) is 0 Å². The minimum Gasteiger partial charge on any atom is -0.492 e. The fourth-order valence-corrected chi connectivity index (χ4v) is 2.33. The molecule has 0 spiro atoms. The van der Waals surface area contributed by atoms with E-state index < -0.39 is 0 Å². The van der Waals surface area contributed by atoms with Crippen molar-refractivity contribution in [1.29, 1.82) is 0 Å². The molecule has 4 heteroatoms. The van der Waals surface area contributed by atoms with Crippen molar-refractivity contribution in [3.05, 3.63) is 28.8 Å². The first-order chi connectivity index (χ1) is 9.79. The zero-order valence-corrected chi connectivity index (χ0v) is 12.7. The van der Waals surface area contributed by atoms with Crippen molar-refractivity contribution in [2.24, 2.45) is 0 Å². The van der Waals surface area contributed by atoms with Crippen molar-refractivity contribution in [1.82, 2.24) is 5.32 Å². The zero-order valence-electron chi connectivity index (χ0n) is 11.9. The van der Waals surface area contributed by atoms with Crippen LogP contribution in [-0.2, 0) is 6.54 Å². The van der Waals surface area contributed by atoms with Crippen LogP contribution in [0.4, 0.5) is 0 Å². The van der Waals surface area contributed by atoms with E-state index in [-0.39, 0.29) is 6.61 Å². The summed E-state index contributed by atoms with van der Waals surface area (Å²) in [6.07, 6.45) is 6.61. The fraction of sp³-hybridized carbons (Fsp3) is 0.625. The summed E-state index contributed by atoms with van der Waals surface area (Å²) in [6.45, 7) is 1.85. The highest BCUT2D eigenvalue weighted by molar-refractivity contribution is 6.32. The molecule has 20 heavy (non-hydrogen) atoms. The Morgan fingerprint density at radius 1 is 1.20 bits per heavy atom. The third-order valence-corrected chi connectivity index (χ3v) is 3.77. The van der Waals surface area contributed by atoms with E-state index in [0.29, 0.717) is 17.7 Å². The molecular weight excluding hydrogens is 274 g/mol. The van der Waals surface area contributed by atoms with Crippen LogP contribution >= 0.6 is 11.6 Å². The summed E-state index contributed by atoms with van der Waals surface area (Å²) < 4.78 is 5.70. The molecule has 0 aromatic heterocycles. The van der Waals surface area contributed by atoms with Crippen LogP contribution in [0.5, 0.6) is 5.75 Å². The molecule has 1 saturated carbocycles. The molecule has 0 amide bonds. The first-order valence-corrected chi connectivity index (χ1v) is 7.93. The monoisotopic (exact) mass is 297 g/mol. The van der Waals surface area contributed by atoms with Gasteiger partial charge >= 0.3 is 0 Å². The molecular formula is C16H24ClNO2. The van der Waals surface area contributed by atoms with Crippen molar-refractivity contribution in [2.75, 3.05) is 13.2 Å². The number of benzene rings is 1. The van der Waals surface area contributed by atoms with E-state index in [1.54, 1.807) is 0 Å². The highest BCUT2D eigenvalue weighted by atomic mass is 35.5. The van der Waals surface area contributed by atoms with E-state index >= 15 is 0 Å². The topological polar surface area (TPSA) is 41.5 Å². The third kappa shape index (κ3) is 5.70.